The van der Waals surface area contributed by atoms with Gasteiger partial charge in [-0.05, 0) is 93.7 Å². The molecule has 0 spiro atoms. The highest BCUT2D eigenvalue weighted by molar-refractivity contribution is 6.30. The minimum Gasteiger partial charge on any atom is -0.479 e. The molecule has 0 radical (unpaired) electrons. The third-order valence-electron chi connectivity index (χ3n) is 8.95. The molecule has 2 aromatic carbocycles. The molecule has 0 amide bonds. The van der Waals surface area contributed by atoms with E-state index in [1.54, 1.807) is 6.07 Å². The lowest BCUT2D eigenvalue weighted by Crippen LogP contribution is -2.39. The van der Waals surface area contributed by atoms with Crippen molar-refractivity contribution in [1.29, 1.82) is 0 Å². The maximum Gasteiger partial charge on any atom is 0.337 e. The number of aryl methyl sites for hydroxylation is 2. The highest BCUT2D eigenvalue weighted by Crippen LogP contribution is 2.45. The molecule has 1 saturated heterocycles. The summed E-state index contributed by atoms with van der Waals surface area (Å²) in [6.45, 7) is 18.1. The first-order valence-corrected chi connectivity index (χ1v) is 15.9. The molecule has 6 nitrogen and oxygen atoms in total. The SMILES string of the molecule is Cc1nc(C)c(C(OC(C)(C)C)C(=O)O)c(N2CCC(C)(C)CC2)c1-c1ccc2c(c1)CCN(Cc1ccc(Cl)c(F)c1)C2. The van der Waals surface area contributed by atoms with E-state index in [0.29, 0.717) is 17.8 Å². The number of fused-ring (bicyclic) bond motifs is 1. The van der Waals surface area contributed by atoms with E-state index in [1.807, 2.05) is 40.7 Å². The van der Waals surface area contributed by atoms with Crippen LogP contribution in [0.3, 0.4) is 0 Å². The zero-order valence-electron chi connectivity index (χ0n) is 27.1. The van der Waals surface area contributed by atoms with Crippen molar-refractivity contribution in [1.82, 2.24) is 9.88 Å². The second-order valence-corrected chi connectivity index (χ2v) is 14.6. The topological polar surface area (TPSA) is 65.9 Å². The zero-order valence-corrected chi connectivity index (χ0v) is 27.8. The van der Waals surface area contributed by atoms with Crippen molar-refractivity contribution < 1.29 is 19.0 Å². The van der Waals surface area contributed by atoms with E-state index in [2.05, 4.69) is 41.8 Å². The Bertz CT molecular complexity index is 1560. The van der Waals surface area contributed by atoms with Crippen LogP contribution in [-0.2, 0) is 29.0 Å². The van der Waals surface area contributed by atoms with Gasteiger partial charge in [0.25, 0.3) is 0 Å². The molecule has 1 unspecified atom stereocenters. The Morgan fingerprint density at radius 2 is 1.77 bits per heavy atom. The van der Waals surface area contributed by atoms with Crippen LogP contribution in [0.15, 0.2) is 36.4 Å². The molecule has 3 heterocycles. The molecule has 1 aromatic heterocycles. The number of carboxylic acid groups (broad SMARTS) is 1. The van der Waals surface area contributed by atoms with Crippen LogP contribution in [0.2, 0.25) is 5.02 Å². The zero-order chi connectivity index (χ0) is 32.0. The fourth-order valence-electron chi connectivity index (χ4n) is 6.55. The lowest BCUT2D eigenvalue weighted by molar-refractivity contribution is -0.160. The summed E-state index contributed by atoms with van der Waals surface area (Å²) in [6.07, 6.45) is 1.75. The van der Waals surface area contributed by atoms with Crippen LogP contribution in [0, 0.1) is 25.1 Å². The van der Waals surface area contributed by atoms with Crippen LogP contribution in [0.4, 0.5) is 10.1 Å². The normalized spacial score (nSPS) is 17.8. The van der Waals surface area contributed by atoms with Crippen molar-refractivity contribution in [3.8, 4) is 11.1 Å². The maximum absolute atomic E-state index is 14.0. The standard InChI is InChI=1S/C36H45ClFN3O3/c1-22-30(26-9-10-27-21-40(15-12-25(27)19-26)20-24-8-11-28(37)29(38)18-24)32(41-16-13-36(6,7)14-17-41)31(23(2)39-22)33(34(42)43)44-35(3,4)5/h8-11,18-19,33H,12-17,20-21H2,1-7H3,(H,42,43). The first-order valence-electron chi connectivity index (χ1n) is 15.6. The second kappa shape index (κ2) is 12.4. The fourth-order valence-corrected chi connectivity index (χ4v) is 6.67. The molecule has 3 aromatic rings. The Morgan fingerprint density at radius 3 is 2.41 bits per heavy atom. The van der Waals surface area contributed by atoms with E-state index >= 15 is 0 Å². The number of ether oxygens (including phenoxy) is 1. The molecule has 0 saturated carbocycles. The van der Waals surface area contributed by atoms with Crippen LogP contribution >= 0.6 is 11.6 Å². The van der Waals surface area contributed by atoms with E-state index in [0.717, 1.165) is 73.5 Å². The Labute approximate surface area is 266 Å². The van der Waals surface area contributed by atoms with Crippen LogP contribution in [0.25, 0.3) is 11.1 Å². The Kier molecular flexibility index (Phi) is 9.14. The number of benzene rings is 2. The van der Waals surface area contributed by atoms with Gasteiger partial charge in [-0.3, -0.25) is 9.88 Å². The monoisotopic (exact) mass is 621 g/mol. The van der Waals surface area contributed by atoms with E-state index in [1.165, 1.54) is 17.2 Å². The highest BCUT2D eigenvalue weighted by Gasteiger charge is 2.36. The molecule has 1 atom stereocenters. The number of anilines is 1. The quantitative estimate of drug-likeness (QED) is 0.286. The summed E-state index contributed by atoms with van der Waals surface area (Å²) in [5.74, 6) is -1.40. The molecule has 2 aliphatic heterocycles. The maximum atomic E-state index is 14.0. The van der Waals surface area contributed by atoms with Gasteiger partial charge in [0.2, 0.25) is 0 Å². The molecule has 0 bridgehead atoms. The average molecular weight is 622 g/mol. The van der Waals surface area contributed by atoms with E-state index in [9.17, 15) is 14.3 Å². The van der Waals surface area contributed by atoms with Gasteiger partial charge in [-0.2, -0.15) is 0 Å². The summed E-state index contributed by atoms with van der Waals surface area (Å²) in [4.78, 5) is 22.4. The minimum atomic E-state index is -1.14. The Balaban J connectivity index is 1.56. The molecule has 1 fully saturated rings. The number of halogens is 2. The third kappa shape index (κ3) is 7.11. The van der Waals surface area contributed by atoms with Gasteiger partial charge in [-0.25, -0.2) is 9.18 Å². The minimum absolute atomic E-state index is 0.140. The van der Waals surface area contributed by atoms with Crippen molar-refractivity contribution in [2.75, 3.05) is 24.5 Å². The van der Waals surface area contributed by atoms with Gasteiger partial charge in [0.15, 0.2) is 6.10 Å². The third-order valence-corrected chi connectivity index (χ3v) is 9.25. The molecule has 8 heteroatoms. The van der Waals surface area contributed by atoms with E-state index < -0.39 is 23.5 Å². The van der Waals surface area contributed by atoms with Gasteiger partial charge < -0.3 is 14.7 Å². The van der Waals surface area contributed by atoms with Crippen LogP contribution < -0.4 is 4.90 Å². The van der Waals surface area contributed by atoms with Gasteiger partial charge in [0.05, 0.1) is 16.3 Å². The van der Waals surface area contributed by atoms with Crippen LogP contribution in [0.5, 0.6) is 0 Å². The van der Waals surface area contributed by atoms with Crippen LogP contribution in [0.1, 0.15) is 87.2 Å². The second-order valence-electron chi connectivity index (χ2n) is 14.2. The number of aromatic nitrogens is 1. The average Bonchev–Trinajstić information content (AvgIpc) is 2.93. The Hall–Kier alpha value is -3.00. The number of aliphatic carboxylic acids is 1. The summed E-state index contributed by atoms with van der Waals surface area (Å²) in [5, 5.41) is 10.6. The molecule has 5 rings (SSSR count). The molecule has 2 aliphatic rings. The van der Waals surface area contributed by atoms with Crippen molar-refractivity contribution in [2.24, 2.45) is 5.41 Å². The van der Waals surface area contributed by atoms with E-state index in [-0.39, 0.29) is 10.4 Å². The number of nitrogens with zero attached hydrogens (tertiary/aromatic N) is 3. The number of carboxylic acids is 1. The number of pyridine rings is 1. The number of hydrogen-bond donors (Lipinski definition) is 1. The Morgan fingerprint density at radius 1 is 1.07 bits per heavy atom. The van der Waals surface area contributed by atoms with Crippen molar-refractivity contribution in [2.45, 2.75) is 92.5 Å². The lowest BCUT2D eigenvalue weighted by atomic mass is 9.81. The summed E-state index contributed by atoms with van der Waals surface area (Å²) in [6, 6.07) is 11.6. The van der Waals surface area contributed by atoms with E-state index in [4.69, 9.17) is 21.3 Å². The largest absolute Gasteiger partial charge is 0.479 e. The van der Waals surface area contributed by atoms with Gasteiger partial charge in [-0.1, -0.05) is 49.7 Å². The summed E-state index contributed by atoms with van der Waals surface area (Å²) in [5.41, 5.74) is 8.18. The number of hydrogen-bond acceptors (Lipinski definition) is 5. The number of piperidine rings is 1. The molecule has 236 valence electrons. The lowest BCUT2D eigenvalue weighted by Gasteiger charge is -2.41. The van der Waals surface area contributed by atoms with Gasteiger partial charge in [0, 0.05) is 55.2 Å². The van der Waals surface area contributed by atoms with Crippen molar-refractivity contribution in [3.05, 3.63) is 80.9 Å². The van der Waals surface area contributed by atoms with Gasteiger partial charge >= 0.3 is 5.97 Å². The number of carbonyl (C=O) groups is 1. The van der Waals surface area contributed by atoms with Gasteiger partial charge in [0.1, 0.15) is 5.82 Å². The number of rotatable bonds is 7. The summed E-state index contributed by atoms with van der Waals surface area (Å²) >= 11 is 5.89. The predicted molar refractivity (Wildman–Crippen MR) is 175 cm³/mol. The molecule has 0 aliphatic carbocycles. The first kappa shape index (κ1) is 32.4. The fraction of sp³-hybridized carbons (Fsp3) is 0.500. The highest BCUT2D eigenvalue weighted by atomic mass is 35.5. The molecule has 44 heavy (non-hydrogen) atoms. The molecular formula is C36H45ClFN3O3. The summed E-state index contributed by atoms with van der Waals surface area (Å²) in [7, 11) is 0. The van der Waals surface area contributed by atoms with Crippen molar-refractivity contribution in [3.63, 3.8) is 0 Å². The first-order chi connectivity index (χ1) is 20.6. The van der Waals surface area contributed by atoms with Crippen LogP contribution in [-0.4, -0.2) is 46.2 Å². The smallest absolute Gasteiger partial charge is 0.337 e. The molecular weight excluding hydrogens is 577 g/mol. The molecule has 1 N–H and O–H groups in total. The predicted octanol–water partition coefficient (Wildman–Crippen LogP) is 8.28. The van der Waals surface area contributed by atoms with Gasteiger partial charge in [-0.15, -0.1) is 0 Å². The van der Waals surface area contributed by atoms with Crippen molar-refractivity contribution >= 4 is 23.3 Å². The summed E-state index contributed by atoms with van der Waals surface area (Å²) < 4.78 is 20.3.